The summed E-state index contributed by atoms with van der Waals surface area (Å²) in [6, 6.07) is 20.9. The Labute approximate surface area is 209 Å². The molecule has 35 heavy (non-hydrogen) atoms. The van der Waals surface area contributed by atoms with Gasteiger partial charge in [0.2, 0.25) is 0 Å². The Hall–Kier alpha value is -2.86. The van der Waals surface area contributed by atoms with Crippen molar-refractivity contribution in [2.24, 2.45) is 0 Å². The lowest BCUT2D eigenvalue weighted by atomic mass is 9.84. The second kappa shape index (κ2) is 9.30. The highest BCUT2D eigenvalue weighted by atomic mass is 35.5. The number of aromatic nitrogens is 1. The van der Waals surface area contributed by atoms with Crippen LogP contribution in [0.3, 0.4) is 0 Å². The summed E-state index contributed by atoms with van der Waals surface area (Å²) in [5.74, 6) is 0.539. The van der Waals surface area contributed by atoms with E-state index in [-0.39, 0.29) is 11.4 Å². The number of hydrogen-bond donors (Lipinski definition) is 0. The van der Waals surface area contributed by atoms with Crippen molar-refractivity contribution < 1.29 is 13.9 Å². The van der Waals surface area contributed by atoms with Gasteiger partial charge in [0, 0.05) is 35.7 Å². The molecule has 0 amide bonds. The molecular weight excluding hydrogens is 463 g/mol. The summed E-state index contributed by atoms with van der Waals surface area (Å²) >= 11 is 6.28. The predicted molar refractivity (Wildman–Crippen MR) is 137 cm³/mol. The molecule has 180 valence electrons. The van der Waals surface area contributed by atoms with Crippen molar-refractivity contribution >= 4 is 22.5 Å². The van der Waals surface area contributed by atoms with E-state index in [9.17, 15) is 4.39 Å². The molecule has 3 aromatic carbocycles. The number of benzene rings is 3. The maximum Gasteiger partial charge on any atom is 0.145 e. The third-order valence-corrected chi connectivity index (χ3v) is 7.62. The molecule has 6 rings (SSSR count). The van der Waals surface area contributed by atoms with Gasteiger partial charge < -0.3 is 18.9 Å². The zero-order chi connectivity index (χ0) is 23.8. The third-order valence-electron chi connectivity index (χ3n) is 7.39. The molecule has 0 atom stereocenters. The van der Waals surface area contributed by atoms with Gasteiger partial charge >= 0.3 is 0 Å². The molecule has 0 bridgehead atoms. The van der Waals surface area contributed by atoms with Gasteiger partial charge in [-0.05, 0) is 72.9 Å². The normalized spacial score (nSPS) is 17.2. The lowest BCUT2D eigenvalue weighted by Gasteiger charge is -2.39. The van der Waals surface area contributed by atoms with Gasteiger partial charge in [0.15, 0.2) is 0 Å². The van der Waals surface area contributed by atoms with Crippen LogP contribution in [0.1, 0.15) is 30.4 Å². The number of nitrogens with zero attached hydrogens (tertiary/aromatic N) is 2. The lowest BCUT2D eigenvalue weighted by Crippen LogP contribution is -2.43. The number of rotatable bonds is 6. The smallest absolute Gasteiger partial charge is 0.145 e. The molecule has 0 aliphatic carbocycles. The van der Waals surface area contributed by atoms with Crippen LogP contribution in [0.2, 0.25) is 5.02 Å². The van der Waals surface area contributed by atoms with Gasteiger partial charge in [0.05, 0.1) is 30.5 Å². The summed E-state index contributed by atoms with van der Waals surface area (Å²) in [5.41, 5.74) is 4.50. The van der Waals surface area contributed by atoms with Crippen molar-refractivity contribution in [1.82, 2.24) is 9.47 Å². The fraction of sp³-hybridized carbons (Fsp3) is 0.310. The summed E-state index contributed by atoms with van der Waals surface area (Å²) in [7, 11) is 0. The maximum atomic E-state index is 13.4. The third kappa shape index (κ3) is 4.33. The first-order valence-electron chi connectivity index (χ1n) is 12.3. The van der Waals surface area contributed by atoms with Crippen molar-refractivity contribution in [2.75, 3.05) is 26.2 Å². The minimum atomic E-state index is -0.253. The van der Waals surface area contributed by atoms with E-state index in [2.05, 4.69) is 29.2 Å². The van der Waals surface area contributed by atoms with E-state index in [1.165, 1.54) is 23.3 Å². The first-order chi connectivity index (χ1) is 17.1. The molecule has 4 nitrogen and oxygen atoms in total. The van der Waals surface area contributed by atoms with Crippen molar-refractivity contribution in [3.63, 3.8) is 0 Å². The number of likely N-dealkylation sites (tertiary alicyclic amines) is 1. The van der Waals surface area contributed by atoms with Crippen LogP contribution in [-0.4, -0.2) is 35.7 Å². The van der Waals surface area contributed by atoms with Crippen LogP contribution >= 0.6 is 11.6 Å². The largest absolute Gasteiger partial charge is 0.491 e. The minimum absolute atomic E-state index is 0.0922. The Morgan fingerprint density at radius 3 is 2.63 bits per heavy atom. The molecule has 1 fully saturated rings. The Morgan fingerprint density at radius 1 is 1.00 bits per heavy atom. The number of ether oxygens (including phenoxy) is 2. The number of hydrogen-bond acceptors (Lipinski definition) is 3. The summed E-state index contributed by atoms with van der Waals surface area (Å²) in [4.78, 5) is 2.51. The molecular formula is C29H28ClFN2O2. The van der Waals surface area contributed by atoms with Gasteiger partial charge in [-0.1, -0.05) is 35.9 Å². The van der Waals surface area contributed by atoms with Crippen LogP contribution in [-0.2, 0) is 16.9 Å². The molecule has 0 saturated carbocycles. The lowest BCUT2D eigenvalue weighted by molar-refractivity contribution is -0.0790. The second-order valence-electron chi connectivity index (χ2n) is 9.49. The number of piperidine rings is 1. The van der Waals surface area contributed by atoms with E-state index in [0.29, 0.717) is 11.6 Å². The molecule has 4 aromatic rings. The fourth-order valence-corrected chi connectivity index (χ4v) is 5.68. The fourth-order valence-electron chi connectivity index (χ4n) is 5.51. The standard InChI is InChI=1S/C29H28ClFN2O2/c30-22-6-11-27-25(18-22)28(19-33(27)24-9-7-23(31)8-10-24)34-17-3-14-32-15-12-29(13-16-32)26-5-2-1-4-21(26)20-35-29/h1-2,4-11,18-19H,3,12-17,20H2. The first-order valence-corrected chi connectivity index (χ1v) is 12.6. The van der Waals surface area contributed by atoms with Crippen molar-refractivity contribution in [3.05, 3.63) is 94.9 Å². The molecule has 1 saturated heterocycles. The Bertz CT molecular complexity index is 1340. The zero-order valence-corrected chi connectivity index (χ0v) is 20.3. The first kappa shape index (κ1) is 22.6. The van der Waals surface area contributed by atoms with Gasteiger partial charge in [-0.3, -0.25) is 0 Å². The average molecular weight is 491 g/mol. The van der Waals surface area contributed by atoms with E-state index >= 15 is 0 Å². The molecule has 2 aliphatic rings. The maximum absolute atomic E-state index is 13.4. The van der Waals surface area contributed by atoms with Crippen LogP contribution in [0.5, 0.6) is 5.75 Å². The topological polar surface area (TPSA) is 26.6 Å². The molecule has 2 aliphatic heterocycles. The highest BCUT2D eigenvalue weighted by Crippen LogP contribution is 2.44. The summed E-state index contributed by atoms with van der Waals surface area (Å²) in [6.07, 6.45) is 4.98. The predicted octanol–water partition coefficient (Wildman–Crippen LogP) is 6.71. The minimum Gasteiger partial charge on any atom is -0.491 e. The summed E-state index contributed by atoms with van der Waals surface area (Å²) in [6.45, 7) is 4.42. The molecule has 0 radical (unpaired) electrons. The van der Waals surface area contributed by atoms with Crippen LogP contribution < -0.4 is 4.74 Å². The molecule has 3 heterocycles. The van der Waals surface area contributed by atoms with Crippen molar-refractivity contribution in [1.29, 1.82) is 0 Å². The Kier molecular flexibility index (Phi) is 6.01. The van der Waals surface area contributed by atoms with Gasteiger partial charge in [-0.15, -0.1) is 0 Å². The summed E-state index contributed by atoms with van der Waals surface area (Å²) < 4.78 is 28.0. The average Bonchev–Trinajstić information content (AvgIpc) is 3.42. The van der Waals surface area contributed by atoms with Gasteiger partial charge in [0.25, 0.3) is 0 Å². The van der Waals surface area contributed by atoms with Crippen molar-refractivity contribution in [2.45, 2.75) is 31.5 Å². The van der Waals surface area contributed by atoms with E-state index in [1.807, 2.05) is 29.0 Å². The van der Waals surface area contributed by atoms with E-state index < -0.39 is 0 Å². The highest BCUT2D eigenvalue weighted by molar-refractivity contribution is 6.31. The molecule has 0 unspecified atom stereocenters. The van der Waals surface area contributed by atoms with Crippen LogP contribution in [0, 0.1) is 5.82 Å². The Morgan fingerprint density at radius 2 is 1.80 bits per heavy atom. The molecule has 6 heteroatoms. The SMILES string of the molecule is Fc1ccc(-n2cc(OCCCN3CCC4(CC3)OCc3ccccc34)c3cc(Cl)ccc32)cc1. The number of halogens is 2. The second-order valence-corrected chi connectivity index (χ2v) is 9.92. The van der Waals surface area contributed by atoms with Crippen LogP contribution in [0.25, 0.3) is 16.6 Å². The molecule has 1 aromatic heterocycles. The van der Waals surface area contributed by atoms with Crippen LogP contribution in [0.4, 0.5) is 4.39 Å². The van der Waals surface area contributed by atoms with Crippen LogP contribution in [0.15, 0.2) is 72.9 Å². The molecule has 0 N–H and O–H groups in total. The Balaban J connectivity index is 1.08. The zero-order valence-electron chi connectivity index (χ0n) is 19.6. The monoisotopic (exact) mass is 490 g/mol. The van der Waals surface area contributed by atoms with E-state index in [4.69, 9.17) is 21.1 Å². The molecule has 1 spiro atoms. The number of fused-ring (bicyclic) bond motifs is 3. The van der Waals surface area contributed by atoms with E-state index in [0.717, 1.165) is 67.8 Å². The van der Waals surface area contributed by atoms with Gasteiger partial charge in [-0.2, -0.15) is 0 Å². The van der Waals surface area contributed by atoms with Gasteiger partial charge in [0.1, 0.15) is 11.6 Å². The van der Waals surface area contributed by atoms with E-state index in [1.54, 1.807) is 12.1 Å². The van der Waals surface area contributed by atoms with Crippen molar-refractivity contribution in [3.8, 4) is 11.4 Å². The van der Waals surface area contributed by atoms with Gasteiger partial charge in [-0.25, -0.2) is 4.39 Å². The highest BCUT2D eigenvalue weighted by Gasteiger charge is 2.42. The quantitative estimate of drug-likeness (QED) is 0.281. The summed E-state index contributed by atoms with van der Waals surface area (Å²) in [5, 5.41) is 1.62.